The van der Waals surface area contributed by atoms with Gasteiger partial charge in [0.1, 0.15) is 17.9 Å². The first-order valence-electron chi connectivity index (χ1n) is 14.1. The van der Waals surface area contributed by atoms with Crippen LogP contribution in [-0.2, 0) is 16.1 Å². The molecule has 7 rings (SSSR count). The maximum Gasteiger partial charge on any atom is 0.255 e. The molecule has 0 bridgehead atoms. The number of imide groups is 1. The van der Waals surface area contributed by atoms with Gasteiger partial charge in [-0.25, -0.2) is 0 Å². The Balaban J connectivity index is 1.02. The lowest BCUT2D eigenvalue weighted by atomic mass is 9.85. The predicted octanol–water partition coefficient (Wildman–Crippen LogP) is 3.79. The van der Waals surface area contributed by atoms with Crippen LogP contribution >= 0.6 is 0 Å². The highest BCUT2D eigenvalue weighted by atomic mass is 16.5. The fraction of sp³-hybridized carbons (Fsp3) is 0.419. The molecule has 3 atom stereocenters. The van der Waals surface area contributed by atoms with Gasteiger partial charge in [-0.15, -0.1) is 0 Å². The molecule has 4 heterocycles. The van der Waals surface area contributed by atoms with Gasteiger partial charge in [-0.2, -0.15) is 0 Å². The largest absolute Gasteiger partial charge is 0.489 e. The summed E-state index contributed by atoms with van der Waals surface area (Å²) in [7, 11) is 0. The normalized spacial score (nSPS) is 25.9. The monoisotopic (exact) mass is 524 g/mol. The van der Waals surface area contributed by atoms with Gasteiger partial charge in [0.05, 0.1) is 5.52 Å². The van der Waals surface area contributed by atoms with Crippen molar-refractivity contribution in [1.82, 2.24) is 20.1 Å². The Hall–Kier alpha value is -3.78. The Bertz CT molecular complexity index is 1470. The minimum absolute atomic E-state index is 0.102. The van der Waals surface area contributed by atoms with Gasteiger partial charge >= 0.3 is 0 Å². The van der Waals surface area contributed by atoms with Gasteiger partial charge in [-0.3, -0.25) is 29.6 Å². The molecule has 3 fully saturated rings. The van der Waals surface area contributed by atoms with Crippen LogP contribution in [0.5, 0.6) is 5.75 Å². The number of amides is 3. The number of hydrogen-bond donors (Lipinski definition) is 1. The zero-order valence-electron chi connectivity index (χ0n) is 21.8. The Labute approximate surface area is 227 Å². The molecule has 0 spiro atoms. The van der Waals surface area contributed by atoms with Crippen molar-refractivity contribution in [3.05, 3.63) is 71.4 Å². The minimum Gasteiger partial charge on any atom is -0.489 e. The molecule has 4 aliphatic rings. The van der Waals surface area contributed by atoms with E-state index in [2.05, 4.69) is 34.5 Å². The number of aromatic nitrogens is 1. The van der Waals surface area contributed by atoms with Gasteiger partial charge in [-0.05, 0) is 61.6 Å². The van der Waals surface area contributed by atoms with Gasteiger partial charge in [0, 0.05) is 54.7 Å². The number of fused-ring (bicyclic) bond motifs is 2. The molecule has 2 aromatic carbocycles. The fourth-order valence-corrected chi connectivity index (χ4v) is 6.71. The lowest BCUT2D eigenvalue weighted by Gasteiger charge is -2.48. The Morgan fingerprint density at radius 2 is 1.77 bits per heavy atom. The number of hydrogen-bond acceptors (Lipinski definition) is 6. The molecule has 1 N–H and O–H groups in total. The highest BCUT2D eigenvalue weighted by molar-refractivity contribution is 6.05. The Morgan fingerprint density at radius 3 is 2.64 bits per heavy atom. The van der Waals surface area contributed by atoms with E-state index in [1.807, 2.05) is 30.3 Å². The third kappa shape index (κ3) is 4.46. The molecule has 8 nitrogen and oxygen atoms in total. The van der Waals surface area contributed by atoms with Crippen LogP contribution in [0.15, 0.2) is 54.6 Å². The van der Waals surface area contributed by atoms with Crippen molar-refractivity contribution < 1.29 is 19.1 Å². The quantitative estimate of drug-likeness (QED) is 0.511. The molecule has 8 heteroatoms. The molecule has 3 amide bonds. The van der Waals surface area contributed by atoms with E-state index in [9.17, 15) is 14.4 Å². The Kier molecular flexibility index (Phi) is 6.07. The van der Waals surface area contributed by atoms with Gasteiger partial charge in [-0.1, -0.05) is 30.7 Å². The standard InChI is InChI=1S/C31H32N4O4/c36-29-14-13-27(30(37)33-29)35-18-20-15-22(10-11-23(20)31(35)38)39-28-8-4-3-7-26(28)34-16-21(17-34)25-12-9-19-5-1-2-6-24(19)32-25/h1-2,5-6,9-12,15,21,26-28H,3-4,7-8,13-14,16-18H2,(H,33,36,37)/t26?,27?,28-/m0/s1. The molecule has 1 saturated carbocycles. The second-order valence-electron chi connectivity index (χ2n) is 11.3. The maximum absolute atomic E-state index is 13.0. The minimum atomic E-state index is -0.605. The highest BCUT2D eigenvalue weighted by Gasteiger charge is 2.41. The van der Waals surface area contributed by atoms with Crippen LogP contribution in [-0.4, -0.2) is 63.8 Å². The summed E-state index contributed by atoms with van der Waals surface area (Å²) in [6, 6.07) is 18.0. The summed E-state index contributed by atoms with van der Waals surface area (Å²) >= 11 is 0. The summed E-state index contributed by atoms with van der Waals surface area (Å²) in [5.74, 6) is 0.398. The van der Waals surface area contributed by atoms with Crippen molar-refractivity contribution in [2.24, 2.45) is 0 Å². The summed E-state index contributed by atoms with van der Waals surface area (Å²) in [5, 5.41) is 3.54. The van der Waals surface area contributed by atoms with E-state index in [1.165, 1.54) is 17.5 Å². The van der Waals surface area contributed by atoms with Crippen molar-refractivity contribution in [1.29, 1.82) is 0 Å². The predicted molar refractivity (Wildman–Crippen MR) is 145 cm³/mol. The zero-order valence-corrected chi connectivity index (χ0v) is 21.8. The van der Waals surface area contributed by atoms with Crippen molar-refractivity contribution >= 4 is 28.6 Å². The van der Waals surface area contributed by atoms with Crippen LogP contribution in [0, 0.1) is 0 Å². The second kappa shape index (κ2) is 9.75. The molecule has 3 aromatic rings. The van der Waals surface area contributed by atoms with Crippen LogP contribution in [0.2, 0.25) is 0 Å². The van der Waals surface area contributed by atoms with E-state index in [0.29, 0.717) is 30.5 Å². The highest BCUT2D eigenvalue weighted by Crippen LogP contribution is 2.36. The van der Waals surface area contributed by atoms with Gasteiger partial charge in [0.2, 0.25) is 11.8 Å². The number of ether oxygens (including phenoxy) is 1. The van der Waals surface area contributed by atoms with Crippen LogP contribution < -0.4 is 10.1 Å². The molecule has 39 heavy (non-hydrogen) atoms. The number of piperidine rings is 1. The smallest absolute Gasteiger partial charge is 0.255 e. The molecule has 1 aliphatic carbocycles. The molecule has 1 aromatic heterocycles. The number of benzene rings is 2. The van der Waals surface area contributed by atoms with Gasteiger partial charge < -0.3 is 9.64 Å². The third-order valence-corrected chi connectivity index (χ3v) is 8.87. The summed E-state index contributed by atoms with van der Waals surface area (Å²) in [6.45, 7) is 2.35. The van der Waals surface area contributed by atoms with E-state index < -0.39 is 6.04 Å². The summed E-state index contributed by atoms with van der Waals surface area (Å²) in [6.07, 6.45) is 5.21. The average Bonchev–Trinajstić information content (AvgIpc) is 3.24. The second-order valence-corrected chi connectivity index (χ2v) is 11.3. The van der Waals surface area contributed by atoms with E-state index in [-0.39, 0.29) is 30.2 Å². The number of rotatable bonds is 5. The topological polar surface area (TPSA) is 91.8 Å². The number of pyridine rings is 1. The summed E-state index contributed by atoms with van der Waals surface area (Å²) < 4.78 is 6.59. The average molecular weight is 525 g/mol. The third-order valence-electron chi connectivity index (χ3n) is 8.87. The number of carbonyl (C=O) groups excluding carboxylic acids is 3. The first-order valence-corrected chi connectivity index (χ1v) is 14.1. The molecular weight excluding hydrogens is 492 g/mol. The number of likely N-dealkylation sites (tertiary alicyclic amines) is 1. The van der Waals surface area contributed by atoms with Crippen LogP contribution in [0.4, 0.5) is 0 Å². The van der Waals surface area contributed by atoms with E-state index >= 15 is 0 Å². The maximum atomic E-state index is 13.0. The van der Waals surface area contributed by atoms with E-state index in [1.54, 1.807) is 4.90 Å². The van der Waals surface area contributed by atoms with E-state index in [4.69, 9.17) is 9.72 Å². The van der Waals surface area contributed by atoms with Gasteiger partial charge in [0.15, 0.2) is 0 Å². The van der Waals surface area contributed by atoms with Crippen molar-refractivity contribution in [2.75, 3.05) is 13.1 Å². The zero-order chi connectivity index (χ0) is 26.5. The Morgan fingerprint density at radius 1 is 0.923 bits per heavy atom. The molecule has 200 valence electrons. The lowest BCUT2D eigenvalue weighted by molar-refractivity contribution is -0.136. The van der Waals surface area contributed by atoms with Crippen molar-refractivity contribution in [3.63, 3.8) is 0 Å². The summed E-state index contributed by atoms with van der Waals surface area (Å²) in [5.41, 5.74) is 3.71. The summed E-state index contributed by atoms with van der Waals surface area (Å²) in [4.78, 5) is 46.0. The first kappa shape index (κ1) is 24.3. The van der Waals surface area contributed by atoms with Crippen LogP contribution in [0.25, 0.3) is 10.9 Å². The molecule has 0 radical (unpaired) electrons. The fourth-order valence-electron chi connectivity index (χ4n) is 6.71. The molecule has 2 unspecified atom stereocenters. The van der Waals surface area contributed by atoms with Crippen molar-refractivity contribution in [3.8, 4) is 5.75 Å². The molecule has 3 aliphatic heterocycles. The van der Waals surface area contributed by atoms with Crippen LogP contribution in [0.1, 0.15) is 66.1 Å². The first-order chi connectivity index (χ1) is 19.0. The number of nitrogens with zero attached hydrogens (tertiary/aromatic N) is 3. The SMILES string of the molecule is O=C1CCC(N2Cc3cc(O[C@H]4CCCCC4N4CC(c5ccc6ccccc6n5)C4)ccc3C2=O)C(=O)N1. The van der Waals surface area contributed by atoms with Crippen molar-refractivity contribution in [2.45, 2.75) is 69.2 Å². The molecular formula is C31H32N4O4. The number of carbonyl (C=O) groups is 3. The lowest BCUT2D eigenvalue weighted by Crippen LogP contribution is -2.57. The van der Waals surface area contributed by atoms with E-state index in [0.717, 1.165) is 49.2 Å². The molecule has 2 saturated heterocycles. The van der Waals surface area contributed by atoms with Crippen LogP contribution in [0.3, 0.4) is 0 Å². The van der Waals surface area contributed by atoms with Gasteiger partial charge in [0.25, 0.3) is 5.91 Å². The number of nitrogens with one attached hydrogen (secondary N) is 1. The number of para-hydroxylation sites is 1.